The van der Waals surface area contributed by atoms with E-state index in [1.165, 1.54) is 88.5 Å². The van der Waals surface area contributed by atoms with Gasteiger partial charge in [0.05, 0.1) is 0 Å². The molecule has 0 amide bonds. The summed E-state index contributed by atoms with van der Waals surface area (Å²) in [6, 6.07) is 6.62. The lowest BCUT2D eigenvalue weighted by Gasteiger charge is -2.33. The van der Waals surface area contributed by atoms with Gasteiger partial charge in [-0.05, 0) is 55.4 Å². The van der Waals surface area contributed by atoms with Crippen LogP contribution in [0.3, 0.4) is 0 Å². The zero-order chi connectivity index (χ0) is 20.1. The highest BCUT2D eigenvalue weighted by Gasteiger charge is 2.18. The lowest BCUT2D eigenvalue weighted by atomic mass is 9.94. The predicted octanol–water partition coefficient (Wildman–Crippen LogP) is 7.60. The topological polar surface area (TPSA) is 29.3 Å². The largest absolute Gasteiger partial charge is 0.399 e. The summed E-state index contributed by atoms with van der Waals surface area (Å²) in [5.74, 6) is 1.59. The third kappa shape index (κ3) is 9.04. The van der Waals surface area contributed by atoms with Gasteiger partial charge in [-0.2, -0.15) is 0 Å². The molecule has 1 rings (SSSR count). The molecule has 0 radical (unpaired) electrons. The number of anilines is 2. The average Bonchev–Trinajstić information content (AvgIpc) is 2.68. The molecule has 1 aromatic rings. The molecule has 2 N–H and O–H groups in total. The first-order valence-electron chi connectivity index (χ1n) is 11.7. The molecule has 2 nitrogen and oxygen atoms in total. The molecule has 2 heteroatoms. The van der Waals surface area contributed by atoms with Gasteiger partial charge in [0.15, 0.2) is 0 Å². The molecular weight excluding hydrogens is 328 g/mol. The molecule has 0 saturated heterocycles. The summed E-state index contributed by atoms with van der Waals surface area (Å²) in [6.07, 6.45) is 13.4. The Kier molecular flexibility index (Phi) is 12.3. The van der Waals surface area contributed by atoms with Crippen LogP contribution in [0.15, 0.2) is 18.2 Å². The Labute approximate surface area is 169 Å². The summed E-state index contributed by atoms with van der Waals surface area (Å²) >= 11 is 0. The highest BCUT2D eigenvalue weighted by atomic mass is 15.1. The summed E-state index contributed by atoms with van der Waals surface area (Å²) < 4.78 is 0. The quantitative estimate of drug-likeness (QED) is 0.253. The first-order valence-corrected chi connectivity index (χ1v) is 11.7. The molecule has 0 bridgehead atoms. The van der Waals surface area contributed by atoms with E-state index < -0.39 is 0 Å². The molecule has 27 heavy (non-hydrogen) atoms. The fraction of sp³-hybridized carbons (Fsp3) is 0.760. The van der Waals surface area contributed by atoms with Gasteiger partial charge in [-0.25, -0.2) is 0 Å². The van der Waals surface area contributed by atoms with Crippen LogP contribution in [0.25, 0.3) is 0 Å². The van der Waals surface area contributed by atoms with E-state index in [1.807, 2.05) is 0 Å². The minimum atomic E-state index is 0.792. The third-order valence-corrected chi connectivity index (χ3v) is 6.16. The van der Waals surface area contributed by atoms with E-state index in [0.29, 0.717) is 0 Å². The second kappa shape index (κ2) is 13.9. The molecule has 2 atom stereocenters. The van der Waals surface area contributed by atoms with Gasteiger partial charge in [0.1, 0.15) is 0 Å². The molecule has 0 aliphatic rings. The number of hydrogen-bond acceptors (Lipinski definition) is 2. The van der Waals surface area contributed by atoms with Crippen molar-refractivity contribution in [3.63, 3.8) is 0 Å². The van der Waals surface area contributed by atoms with Crippen LogP contribution in [0.1, 0.15) is 97.5 Å². The van der Waals surface area contributed by atoms with Crippen LogP contribution in [0.4, 0.5) is 11.4 Å². The van der Waals surface area contributed by atoms with Gasteiger partial charge in [0.2, 0.25) is 0 Å². The van der Waals surface area contributed by atoms with Crippen LogP contribution in [-0.4, -0.2) is 13.1 Å². The number of benzene rings is 1. The monoisotopic (exact) mass is 374 g/mol. The van der Waals surface area contributed by atoms with Crippen molar-refractivity contribution in [3.8, 4) is 0 Å². The van der Waals surface area contributed by atoms with E-state index >= 15 is 0 Å². The van der Waals surface area contributed by atoms with Crippen molar-refractivity contribution in [2.24, 2.45) is 11.8 Å². The van der Waals surface area contributed by atoms with Crippen molar-refractivity contribution in [3.05, 3.63) is 23.8 Å². The Bertz CT molecular complexity index is 497. The normalized spacial score (nSPS) is 13.5. The second-order valence-electron chi connectivity index (χ2n) is 8.49. The number of nitrogen functional groups attached to an aromatic ring is 1. The minimum absolute atomic E-state index is 0.792. The number of rotatable bonds is 15. The fourth-order valence-electron chi connectivity index (χ4n) is 3.97. The van der Waals surface area contributed by atoms with Gasteiger partial charge in [0.25, 0.3) is 0 Å². The molecule has 0 saturated carbocycles. The molecule has 0 aliphatic heterocycles. The van der Waals surface area contributed by atoms with Gasteiger partial charge in [-0.15, -0.1) is 0 Å². The molecule has 0 spiro atoms. The highest BCUT2D eigenvalue weighted by molar-refractivity contribution is 5.58. The van der Waals surface area contributed by atoms with Gasteiger partial charge in [0, 0.05) is 24.5 Å². The molecule has 156 valence electrons. The maximum Gasteiger partial charge on any atom is 0.0370 e. The van der Waals surface area contributed by atoms with E-state index in [2.05, 4.69) is 57.7 Å². The first kappa shape index (κ1) is 23.9. The maximum atomic E-state index is 6.09. The molecular formula is C25H46N2. The molecule has 0 fully saturated rings. The highest BCUT2D eigenvalue weighted by Crippen LogP contribution is 2.26. The number of hydrogen-bond donors (Lipinski definition) is 1. The molecule has 0 aromatic heterocycles. The van der Waals surface area contributed by atoms with Crippen molar-refractivity contribution in [2.45, 2.75) is 98.8 Å². The minimum Gasteiger partial charge on any atom is -0.399 e. The SMILES string of the molecule is CCCCCCC(CC)CN(CC(CC)CCCC)c1ccc(N)c(C)c1. The number of nitrogens with two attached hydrogens (primary N) is 1. The average molecular weight is 375 g/mol. The van der Waals surface area contributed by atoms with Crippen molar-refractivity contribution >= 4 is 11.4 Å². The fourth-order valence-corrected chi connectivity index (χ4v) is 3.97. The summed E-state index contributed by atoms with van der Waals surface area (Å²) in [4.78, 5) is 2.67. The predicted molar refractivity (Wildman–Crippen MR) is 124 cm³/mol. The first-order chi connectivity index (χ1) is 13.0. The van der Waals surface area contributed by atoms with E-state index in [9.17, 15) is 0 Å². The lowest BCUT2D eigenvalue weighted by molar-refractivity contribution is 0.400. The summed E-state index contributed by atoms with van der Waals surface area (Å²) in [7, 11) is 0. The van der Waals surface area contributed by atoms with E-state index in [0.717, 1.165) is 17.5 Å². The van der Waals surface area contributed by atoms with Crippen LogP contribution in [-0.2, 0) is 0 Å². The van der Waals surface area contributed by atoms with Crippen LogP contribution in [0.5, 0.6) is 0 Å². The van der Waals surface area contributed by atoms with Gasteiger partial charge >= 0.3 is 0 Å². The number of unbranched alkanes of at least 4 members (excludes halogenated alkanes) is 4. The maximum absolute atomic E-state index is 6.09. The lowest BCUT2D eigenvalue weighted by Crippen LogP contribution is -2.34. The van der Waals surface area contributed by atoms with Crippen LogP contribution < -0.4 is 10.6 Å². The Hall–Kier alpha value is -1.18. The Balaban J connectivity index is 2.86. The van der Waals surface area contributed by atoms with Crippen molar-refractivity contribution in [1.29, 1.82) is 0 Å². The van der Waals surface area contributed by atoms with Crippen molar-refractivity contribution < 1.29 is 0 Å². The van der Waals surface area contributed by atoms with Crippen molar-refractivity contribution in [2.75, 3.05) is 23.7 Å². The summed E-state index contributed by atoms with van der Waals surface area (Å²) in [6.45, 7) is 13.8. The molecule has 0 heterocycles. The van der Waals surface area contributed by atoms with E-state index in [1.54, 1.807) is 0 Å². The van der Waals surface area contributed by atoms with Crippen LogP contribution >= 0.6 is 0 Å². The number of aryl methyl sites for hydroxylation is 1. The van der Waals surface area contributed by atoms with Gasteiger partial charge in [-0.1, -0.05) is 79.1 Å². The van der Waals surface area contributed by atoms with Crippen LogP contribution in [0.2, 0.25) is 0 Å². The van der Waals surface area contributed by atoms with Gasteiger partial charge < -0.3 is 10.6 Å². The molecule has 2 unspecified atom stereocenters. The third-order valence-electron chi connectivity index (χ3n) is 6.16. The Morgan fingerprint density at radius 2 is 1.41 bits per heavy atom. The molecule has 0 aliphatic carbocycles. The standard InChI is InChI=1S/C25H46N2/c1-6-10-12-13-15-23(9-4)20-27(19-22(8-3)14-11-7-2)24-16-17-25(26)21(5)18-24/h16-18,22-23H,6-15,19-20,26H2,1-5H3. The summed E-state index contributed by atoms with van der Waals surface area (Å²) in [5.41, 5.74) is 9.56. The van der Waals surface area contributed by atoms with E-state index in [-0.39, 0.29) is 0 Å². The Morgan fingerprint density at radius 3 is 1.93 bits per heavy atom. The summed E-state index contributed by atoms with van der Waals surface area (Å²) in [5, 5.41) is 0. The van der Waals surface area contributed by atoms with Gasteiger partial charge in [-0.3, -0.25) is 0 Å². The zero-order valence-electron chi connectivity index (χ0n) is 18.9. The Morgan fingerprint density at radius 1 is 0.815 bits per heavy atom. The zero-order valence-corrected chi connectivity index (χ0v) is 18.9. The van der Waals surface area contributed by atoms with E-state index in [4.69, 9.17) is 5.73 Å². The van der Waals surface area contributed by atoms with Crippen molar-refractivity contribution in [1.82, 2.24) is 0 Å². The smallest absolute Gasteiger partial charge is 0.0370 e. The molecule has 1 aromatic carbocycles. The van der Waals surface area contributed by atoms with Crippen LogP contribution in [0, 0.1) is 18.8 Å². The number of nitrogens with zero attached hydrogens (tertiary/aromatic N) is 1. The second-order valence-corrected chi connectivity index (χ2v) is 8.49.